The van der Waals surface area contributed by atoms with Gasteiger partial charge < -0.3 is 10.4 Å². The minimum absolute atomic E-state index is 0.0152. The molecule has 0 unspecified atom stereocenters. The largest absolute Gasteiger partial charge is 0.394 e. The van der Waals surface area contributed by atoms with Crippen LogP contribution in [0.25, 0.3) is 0 Å². The first-order valence-electron chi connectivity index (χ1n) is 11.1. The van der Waals surface area contributed by atoms with E-state index in [1.54, 1.807) is 16.4 Å². The van der Waals surface area contributed by atoms with Crippen LogP contribution in [0.3, 0.4) is 0 Å². The third-order valence-corrected chi connectivity index (χ3v) is 8.67. The summed E-state index contributed by atoms with van der Waals surface area (Å²) in [5.41, 5.74) is 4.26. The fraction of sp³-hybridized carbons (Fsp3) is 0.259. The van der Waals surface area contributed by atoms with E-state index in [9.17, 15) is 13.5 Å². The third kappa shape index (κ3) is 3.93. The summed E-state index contributed by atoms with van der Waals surface area (Å²) in [7, 11) is -3.69. The third-order valence-electron chi connectivity index (χ3n) is 6.63. The van der Waals surface area contributed by atoms with Crippen LogP contribution in [0.2, 0.25) is 0 Å². The van der Waals surface area contributed by atoms with Gasteiger partial charge in [0.2, 0.25) is 10.0 Å². The van der Waals surface area contributed by atoms with Crippen molar-refractivity contribution in [3.8, 4) is 11.8 Å². The van der Waals surface area contributed by atoms with Crippen LogP contribution >= 0.6 is 0 Å². The number of nitrogens with one attached hydrogen (secondary N) is 1. The molecule has 2 aliphatic heterocycles. The highest BCUT2D eigenvalue weighted by Crippen LogP contribution is 2.48. The summed E-state index contributed by atoms with van der Waals surface area (Å²) in [6.45, 7) is 2.20. The molecule has 1 saturated heterocycles. The summed E-state index contributed by atoms with van der Waals surface area (Å²) < 4.78 is 29.1. The van der Waals surface area contributed by atoms with Gasteiger partial charge in [0.25, 0.3) is 0 Å². The zero-order valence-electron chi connectivity index (χ0n) is 18.4. The van der Waals surface area contributed by atoms with Crippen LogP contribution in [0.1, 0.15) is 34.7 Å². The van der Waals surface area contributed by atoms with Gasteiger partial charge in [0.05, 0.1) is 23.6 Å². The predicted octanol–water partition coefficient (Wildman–Crippen LogP) is 3.93. The molecule has 0 aromatic heterocycles. The molecule has 3 aromatic rings. The number of aliphatic hydroxyl groups is 1. The molecule has 168 valence electrons. The average molecular weight is 459 g/mol. The summed E-state index contributed by atoms with van der Waals surface area (Å²) in [5, 5.41) is 13.4. The van der Waals surface area contributed by atoms with Crippen molar-refractivity contribution in [2.45, 2.75) is 30.3 Å². The maximum Gasteiger partial charge on any atom is 0.243 e. The van der Waals surface area contributed by atoms with E-state index in [0.717, 1.165) is 27.9 Å². The van der Waals surface area contributed by atoms with E-state index in [1.165, 1.54) is 0 Å². The van der Waals surface area contributed by atoms with Gasteiger partial charge in [0.1, 0.15) is 0 Å². The summed E-state index contributed by atoms with van der Waals surface area (Å²) in [6.07, 6.45) is 0.688. The average Bonchev–Trinajstić information content (AvgIpc) is 3.30. The van der Waals surface area contributed by atoms with Crippen LogP contribution in [-0.4, -0.2) is 37.0 Å². The van der Waals surface area contributed by atoms with Gasteiger partial charge in [-0.2, -0.15) is 4.31 Å². The van der Waals surface area contributed by atoms with Crippen molar-refractivity contribution in [2.75, 3.05) is 18.5 Å². The highest BCUT2D eigenvalue weighted by Gasteiger charge is 2.48. The Hall–Kier alpha value is -3.11. The second-order valence-corrected chi connectivity index (χ2v) is 10.5. The Morgan fingerprint density at radius 2 is 1.73 bits per heavy atom. The molecular weight excluding hydrogens is 432 g/mol. The summed E-state index contributed by atoms with van der Waals surface area (Å²) in [6, 6.07) is 22.2. The van der Waals surface area contributed by atoms with E-state index in [4.69, 9.17) is 0 Å². The van der Waals surface area contributed by atoms with Gasteiger partial charge in [0.15, 0.2) is 0 Å². The second-order valence-electron chi connectivity index (χ2n) is 8.63. The van der Waals surface area contributed by atoms with Crippen molar-refractivity contribution in [1.29, 1.82) is 0 Å². The number of nitrogens with zero attached hydrogens (tertiary/aromatic N) is 1. The first-order chi connectivity index (χ1) is 16.0. The first kappa shape index (κ1) is 21.7. The van der Waals surface area contributed by atoms with Gasteiger partial charge >= 0.3 is 0 Å². The Balaban J connectivity index is 1.58. The summed E-state index contributed by atoms with van der Waals surface area (Å²) in [4.78, 5) is 0.339. The van der Waals surface area contributed by atoms with E-state index in [1.807, 2.05) is 67.6 Å². The van der Waals surface area contributed by atoms with Gasteiger partial charge in [-0.25, -0.2) is 8.42 Å². The lowest BCUT2D eigenvalue weighted by atomic mass is 9.83. The first-order valence-corrected chi connectivity index (χ1v) is 12.6. The molecule has 5 rings (SSSR count). The number of fused-ring (bicyclic) bond motifs is 3. The van der Waals surface area contributed by atoms with Crippen LogP contribution < -0.4 is 5.32 Å². The molecule has 2 aliphatic rings. The highest BCUT2D eigenvalue weighted by molar-refractivity contribution is 7.89. The number of anilines is 1. The topological polar surface area (TPSA) is 69.6 Å². The van der Waals surface area contributed by atoms with Gasteiger partial charge in [-0.05, 0) is 60.9 Å². The molecule has 3 atom stereocenters. The van der Waals surface area contributed by atoms with Crippen molar-refractivity contribution in [2.24, 2.45) is 5.92 Å². The number of benzene rings is 3. The molecule has 2 N–H and O–H groups in total. The van der Waals surface area contributed by atoms with E-state index in [2.05, 4.69) is 17.2 Å². The minimum Gasteiger partial charge on any atom is -0.394 e. The lowest BCUT2D eigenvalue weighted by Gasteiger charge is -2.39. The predicted molar refractivity (Wildman–Crippen MR) is 129 cm³/mol. The quantitative estimate of drug-likeness (QED) is 0.584. The van der Waals surface area contributed by atoms with Gasteiger partial charge in [-0.1, -0.05) is 48.2 Å². The minimum atomic E-state index is -3.69. The standard InChI is InChI=1S/C27H26N2O3S/c1-19-7-5-6-10-26(19)33(31,32)29-16-15-22-25(18-30)28-24-14-13-21(17-23(24)27(22)29)12-11-20-8-3-2-4-9-20/h2-10,13-14,17,22,25,27-28,30H,15-16,18H2,1H3/t22-,25+,27-/m0/s1. The molecule has 1 fully saturated rings. The molecule has 0 aliphatic carbocycles. The highest BCUT2D eigenvalue weighted by atomic mass is 32.2. The molecule has 0 saturated carbocycles. The summed E-state index contributed by atoms with van der Waals surface area (Å²) >= 11 is 0. The van der Waals surface area contributed by atoms with Crippen LogP contribution in [0, 0.1) is 24.7 Å². The lowest BCUT2D eigenvalue weighted by Crippen LogP contribution is -2.43. The molecule has 6 heteroatoms. The van der Waals surface area contributed by atoms with Crippen molar-refractivity contribution in [1.82, 2.24) is 4.31 Å². The number of hydrogen-bond acceptors (Lipinski definition) is 4. The van der Waals surface area contributed by atoms with Crippen molar-refractivity contribution in [3.05, 3.63) is 95.1 Å². The van der Waals surface area contributed by atoms with Crippen molar-refractivity contribution in [3.63, 3.8) is 0 Å². The maximum atomic E-state index is 13.7. The molecule has 0 radical (unpaired) electrons. The molecule has 2 heterocycles. The van der Waals surface area contributed by atoms with Gasteiger partial charge in [-0.3, -0.25) is 0 Å². The number of rotatable bonds is 3. The maximum absolute atomic E-state index is 13.7. The smallest absolute Gasteiger partial charge is 0.243 e. The Labute approximate surface area is 195 Å². The van der Waals surface area contributed by atoms with Crippen molar-refractivity contribution < 1.29 is 13.5 Å². The molecule has 33 heavy (non-hydrogen) atoms. The van der Waals surface area contributed by atoms with E-state index >= 15 is 0 Å². The van der Waals surface area contributed by atoms with Crippen LogP contribution in [-0.2, 0) is 10.0 Å². The Kier molecular flexibility index (Phi) is 5.71. The Morgan fingerprint density at radius 3 is 2.48 bits per heavy atom. The van der Waals surface area contributed by atoms with Crippen LogP contribution in [0.5, 0.6) is 0 Å². The fourth-order valence-corrected chi connectivity index (χ4v) is 6.90. The number of sulfonamides is 1. The Bertz CT molecular complexity index is 1340. The molecule has 0 amide bonds. The SMILES string of the molecule is Cc1ccccc1S(=O)(=O)N1CC[C@@H]2[C@H]1c1cc(C#Cc3ccccc3)ccc1N[C@@H]2CO. The van der Waals surface area contributed by atoms with E-state index in [-0.39, 0.29) is 24.6 Å². The molecule has 5 nitrogen and oxygen atoms in total. The number of aryl methyl sites for hydroxylation is 1. The van der Waals surface area contributed by atoms with E-state index in [0.29, 0.717) is 17.9 Å². The zero-order valence-corrected chi connectivity index (χ0v) is 19.2. The summed E-state index contributed by atoms with van der Waals surface area (Å²) in [5.74, 6) is 6.38. The second kappa shape index (κ2) is 8.68. The molecular formula is C27H26N2O3S. The molecule has 3 aromatic carbocycles. The monoisotopic (exact) mass is 458 g/mol. The van der Waals surface area contributed by atoms with E-state index < -0.39 is 10.0 Å². The van der Waals surface area contributed by atoms with Gasteiger partial charge in [-0.15, -0.1) is 0 Å². The van der Waals surface area contributed by atoms with Crippen LogP contribution in [0.15, 0.2) is 77.7 Å². The lowest BCUT2D eigenvalue weighted by molar-refractivity contribution is 0.210. The van der Waals surface area contributed by atoms with Crippen LogP contribution in [0.4, 0.5) is 5.69 Å². The normalized spacial score (nSPS) is 21.9. The molecule has 0 bridgehead atoms. The molecule has 0 spiro atoms. The van der Waals surface area contributed by atoms with Crippen molar-refractivity contribution >= 4 is 15.7 Å². The number of aliphatic hydroxyl groups excluding tert-OH is 1. The Morgan fingerprint density at radius 1 is 1.00 bits per heavy atom. The number of hydrogen-bond donors (Lipinski definition) is 2. The van der Waals surface area contributed by atoms with Gasteiger partial charge in [0, 0.05) is 29.3 Å². The zero-order chi connectivity index (χ0) is 23.0. The fourth-order valence-electron chi connectivity index (χ4n) is 5.01.